The number of thioether (sulfide) groups is 1. The summed E-state index contributed by atoms with van der Waals surface area (Å²) >= 11 is 1.28. The van der Waals surface area contributed by atoms with Gasteiger partial charge in [0.05, 0.1) is 18.8 Å². The first-order valence-corrected chi connectivity index (χ1v) is 8.85. The molecule has 1 aliphatic heterocycles. The molecule has 1 aromatic heterocycles. The number of hydrogen-bond donors (Lipinski definition) is 3. The Balaban J connectivity index is 1.66. The summed E-state index contributed by atoms with van der Waals surface area (Å²) in [6.07, 6.45) is 0.394. The second-order valence-electron chi connectivity index (χ2n) is 5.37. The monoisotopic (exact) mass is 380 g/mol. The molecule has 4 N–H and O–H groups in total. The van der Waals surface area contributed by atoms with Crippen molar-refractivity contribution in [2.45, 2.75) is 17.9 Å². The van der Waals surface area contributed by atoms with Gasteiger partial charge in [-0.1, -0.05) is 23.9 Å². The summed E-state index contributed by atoms with van der Waals surface area (Å²) < 4.78 is 24.3. The minimum atomic E-state index is -0.780. The van der Waals surface area contributed by atoms with Gasteiger partial charge < -0.3 is 20.5 Å². The molecule has 2 heterocycles. The third-order valence-corrected chi connectivity index (χ3v) is 4.47. The predicted molar refractivity (Wildman–Crippen MR) is 94.7 cm³/mol. The van der Waals surface area contributed by atoms with Gasteiger partial charge in [0.1, 0.15) is 11.5 Å². The first-order chi connectivity index (χ1) is 12.5. The summed E-state index contributed by atoms with van der Waals surface area (Å²) in [5, 5.41) is 2.62. The highest BCUT2D eigenvalue weighted by Gasteiger charge is 2.18. The van der Waals surface area contributed by atoms with Crippen molar-refractivity contribution in [1.82, 2.24) is 9.97 Å². The lowest BCUT2D eigenvalue weighted by Gasteiger charge is -2.10. The van der Waals surface area contributed by atoms with Crippen LogP contribution in [0.15, 0.2) is 34.2 Å². The van der Waals surface area contributed by atoms with Gasteiger partial charge in [-0.05, 0) is 12.1 Å². The quantitative estimate of drug-likeness (QED) is 0.514. The summed E-state index contributed by atoms with van der Waals surface area (Å²) in [6.45, 7) is 1.15. The summed E-state index contributed by atoms with van der Waals surface area (Å²) in [4.78, 5) is 30.9. The molecule has 1 aromatic carbocycles. The normalized spacial score (nSPS) is 14.5. The Kier molecular flexibility index (Phi) is 5.86. The van der Waals surface area contributed by atoms with Crippen molar-refractivity contribution in [2.75, 3.05) is 30.0 Å². The van der Waals surface area contributed by atoms with Gasteiger partial charge in [0.2, 0.25) is 0 Å². The lowest BCUT2D eigenvalue weighted by molar-refractivity contribution is -0.0421. The first-order valence-electron chi connectivity index (χ1n) is 7.86. The summed E-state index contributed by atoms with van der Waals surface area (Å²) in [5.74, 6) is -1.02. The van der Waals surface area contributed by atoms with Crippen LogP contribution in [0.1, 0.15) is 16.8 Å². The fourth-order valence-corrected chi connectivity index (χ4v) is 3.14. The van der Waals surface area contributed by atoms with E-state index in [1.54, 1.807) is 0 Å². The summed E-state index contributed by atoms with van der Waals surface area (Å²) in [7, 11) is 0. The smallest absolute Gasteiger partial charge is 0.277 e. The highest BCUT2D eigenvalue weighted by molar-refractivity contribution is 7.99. The number of carbonyl (C=O) groups excluding carboxylic acids is 1. The predicted octanol–water partition coefficient (Wildman–Crippen LogP) is 1.60. The number of aromatic amines is 1. The number of rotatable bonds is 6. The molecule has 0 aliphatic carbocycles. The molecule has 1 aliphatic rings. The van der Waals surface area contributed by atoms with Crippen LogP contribution in [0.4, 0.5) is 15.9 Å². The molecule has 0 radical (unpaired) electrons. The zero-order valence-corrected chi connectivity index (χ0v) is 14.5. The van der Waals surface area contributed by atoms with Crippen molar-refractivity contribution in [3.8, 4) is 0 Å². The topological polar surface area (TPSA) is 119 Å². The molecule has 26 heavy (non-hydrogen) atoms. The van der Waals surface area contributed by atoms with Crippen LogP contribution in [0.2, 0.25) is 0 Å². The van der Waals surface area contributed by atoms with Gasteiger partial charge in [-0.2, -0.15) is 0 Å². The van der Waals surface area contributed by atoms with E-state index in [4.69, 9.17) is 15.2 Å². The number of H-pyrrole nitrogens is 1. The second kappa shape index (κ2) is 8.30. The fraction of sp³-hybridized carbons (Fsp3) is 0.312. The van der Waals surface area contributed by atoms with Gasteiger partial charge in [0.15, 0.2) is 17.3 Å². The number of hydrogen-bond acceptors (Lipinski definition) is 7. The lowest BCUT2D eigenvalue weighted by Crippen LogP contribution is -2.23. The number of nitrogens with one attached hydrogen (secondary N) is 2. The minimum Gasteiger partial charge on any atom is -0.382 e. The minimum absolute atomic E-state index is 0.144. The Labute approximate surface area is 152 Å². The molecule has 2 aromatic rings. The third kappa shape index (κ3) is 4.40. The molecule has 10 heteroatoms. The number of amides is 1. The second-order valence-corrected chi connectivity index (χ2v) is 6.46. The number of nitrogens with two attached hydrogens (primary N) is 1. The molecule has 0 unspecified atom stereocenters. The van der Waals surface area contributed by atoms with Gasteiger partial charge in [0, 0.05) is 12.2 Å². The van der Waals surface area contributed by atoms with Crippen molar-refractivity contribution in [1.29, 1.82) is 0 Å². The van der Waals surface area contributed by atoms with E-state index in [2.05, 4.69) is 15.3 Å². The largest absolute Gasteiger partial charge is 0.382 e. The Morgan fingerprint density at radius 3 is 2.81 bits per heavy atom. The van der Waals surface area contributed by atoms with Crippen LogP contribution >= 0.6 is 11.8 Å². The summed E-state index contributed by atoms with van der Waals surface area (Å²) in [6, 6.07) is 5.43. The van der Waals surface area contributed by atoms with Crippen molar-refractivity contribution in [2.24, 2.45) is 0 Å². The van der Waals surface area contributed by atoms with Gasteiger partial charge in [-0.25, -0.2) is 9.37 Å². The Morgan fingerprint density at radius 2 is 2.12 bits per heavy atom. The van der Waals surface area contributed by atoms with E-state index in [1.807, 2.05) is 0 Å². The lowest BCUT2D eigenvalue weighted by atomic mass is 10.2. The van der Waals surface area contributed by atoms with Crippen LogP contribution in [-0.4, -0.2) is 41.1 Å². The van der Waals surface area contributed by atoms with Crippen LogP contribution in [0, 0.1) is 5.82 Å². The highest BCUT2D eigenvalue weighted by Crippen LogP contribution is 2.20. The standard InChI is InChI=1S/C16H17FN4O4S/c17-10-4-2-1-3-9(10)14(22)19-12-13(18)20-16(21-15(12)23)26-8-5-11-24-6-7-25-11/h1-4,11H,5-8H2,(H,19,22)(H3,18,20,21,23). The number of anilines is 2. The number of aromatic nitrogens is 2. The van der Waals surface area contributed by atoms with Gasteiger partial charge in [-0.3, -0.25) is 14.6 Å². The Hall–Kier alpha value is -2.43. The number of nitrogen functional groups attached to an aromatic ring is 1. The van der Waals surface area contributed by atoms with E-state index in [0.717, 1.165) is 6.07 Å². The third-order valence-electron chi connectivity index (χ3n) is 3.57. The molecule has 138 valence electrons. The van der Waals surface area contributed by atoms with Gasteiger partial charge in [0.25, 0.3) is 11.5 Å². The van der Waals surface area contributed by atoms with E-state index >= 15 is 0 Å². The first kappa shape index (κ1) is 18.4. The zero-order chi connectivity index (χ0) is 18.5. The number of ether oxygens (including phenoxy) is 2. The number of benzene rings is 1. The van der Waals surface area contributed by atoms with Crippen LogP contribution in [-0.2, 0) is 9.47 Å². The van der Waals surface area contributed by atoms with E-state index in [9.17, 15) is 14.0 Å². The molecular formula is C16H17FN4O4S. The average Bonchev–Trinajstić information content (AvgIpc) is 3.12. The van der Waals surface area contributed by atoms with Gasteiger partial charge in [-0.15, -0.1) is 0 Å². The SMILES string of the molecule is Nc1nc(SCCC2OCCO2)[nH]c(=O)c1NC(=O)c1ccccc1F. The molecule has 0 spiro atoms. The molecule has 1 saturated heterocycles. The molecule has 0 saturated carbocycles. The van der Waals surface area contributed by atoms with E-state index in [0.29, 0.717) is 30.5 Å². The number of halogens is 1. The summed E-state index contributed by atoms with van der Waals surface area (Å²) in [5.41, 5.74) is 4.75. The average molecular weight is 380 g/mol. The molecule has 8 nitrogen and oxygen atoms in total. The molecule has 3 rings (SSSR count). The van der Waals surface area contributed by atoms with Crippen molar-refractivity contribution in [3.05, 3.63) is 46.0 Å². The van der Waals surface area contributed by atoms with Gasteiger partial charge >= 0.3 is 0 Å². The van der Waals surface area contributed by atoms with Crippen molar-refractivity contribution >= 4 is 29.2 Å². The number of carbonyl (C=O) groups is 1. The highest BCUT2D eigenvalue weighted by atomic mass is 32.2. The molecule has 1 amide bonds. The van der Waals surface area contributed by atoms with E-state index < -0.39 is 17.3 Å². The van der Waals surface area contributed by atoms with E-state index in [1.165, 1.54) is 30.0 Å². The fourth-order valence-electron chi connectivity index (χ4n) is 2.31. The molecule has 0 bridgehead atoms. The molecule has 1 fully saturated rings. The van der Waals surface area contributed by atoms with Crippen molar-refractivity contribution < 1.29 is 18.7 Å². The van der Waals surface area contributed by atoms with Crippen LogP contribution in [0.25, 0.3) is 0 Å². The van der Waals surface area contributed by atoms with Crippen LogP contribution in [0.3, 0.4) is 0 Å². The van der Waals surface area contributed by atoms with E-state index in [-0.39, 0.29) is 23.4 Å². The zero-order valence-electron chi connectivity index (χ0n) is 13.7. The molecule has 0 atom stereocenters. The molecular weight excluding hydrogens is 363 g/mol. The number of nitrogens with zero attached hydrogens (tertiary/aromatic N) is 1. The van der Waals surface area contributed by atoms with Crippen LogP contribution < -0.4 is 16.6 Å². The Bertz CT molecular complexity index is 854. The van der Waals surface area contributed by atoms with Crippen LogP contribution in [0.5, 0.6) is 0 Å². The Morgan fingerprint density at radius 1 is 1.38 bits per heavy atom. The maximum atomic E-state index is 13.7. The van der Waals surface area contributed by atoms with Crippen molar-refractivity contribution in [3.63, 3.8) is 0 Å². The maximum absolute atomic E-state index is 13.7. The maximum Gasteiger partial charge on any atom is 0.277 e.